The van der Waals surface area contributed by atoms with Gasteiger partial charge in [0.15, 0.2) is 12.4 Å². The fourth-order valence-electron chi connectivity index (χ4n) is 3.95. The summed E-state index contributed by atoms with van der Waals surface area (Å²) < 4.78 is 5.62. The molecule has 1 fully saturated rings. The monoisotopic (exact) mass is 464 g/mol. The highest BCUT2D eigenvalue weighted by Crippen LogP contribution is 2.26. The number of nitrogens with one attached hydrogen (secondary N) is 1. The molecule has 0 spiro atoms. The molecule has 0 aliphatic carbocycles. The zero-order valence-corrected chi connectivity index (χ0v) is 20.0. The Kier molecular flexibility index (Phi) is 7.14. The van der Waals surface area contributed by atoms with Crippen LogP contribution in [0.2, 0.25) is 5.02 Å². The van der Waals surface area contributed by atoms with Crippen LogP contribution in [0.1, 0.15) is 30.9 Å². The lowest BCUT2D eigenvalue weighted by atomic mass is 9.99. The number of aromatic nitrogens is 2. The Morgan fingerprint density at radius 2 is 1.73 bits per heavy atom. The summed E-state index contributed by atoms with van der Waals surface area (Å²) >= 11 is 6.18. The van der Waals surface area contributed by atoms with Gasteiger partial charge >= 0.3 is 0 Å². The Bertz CT molecular complexity index is 1090. The van der Waals surface area contributed by atoms with Gasteiger partial charge in [-0.25, -0.2) is 0 Å². The van der Waals surface area contributed by atoms with Gasteiger partial charge in [-0.2, -0.15) is 0 Å². The quantitative estimate of drug-likeness (QED) is 0.509. The molecule has 6 nitrogen and oxygen atoms in total. The summed E-state index contributed by atoms with van der Waals surface area (Å²) in [5.41, 5.74) is 4.29. The highest BCUT2D eigenvalue weighted by molar-refractivity contribution is 6.32. The summed E-state index contributed by atoms with van der Waals surface area (Å²) in [6.45, 7) is 8.11. The van der Waals surface area contributed by atoms with Crippen molar-refractivity contribution in [1.82, 2.24) is 10.2 Å². The third kappa shape index (κ3) is 5.82. The molecule has 0 saturated carbocycles. The Morgan fingerprint density at radius 3 is 2.33 bits per heavy atom. The predicted octanol–water partition coefficient (Wildman–Crippen LogP) is 5.67. The Morgan fingerprint density at radius 1 is 1.06 bits per heavy atom. The van der Waals surface area contributed by atoms with Gasteiger partial charge in [0.05, 0.1) is 5.69 Å². The fraction of sp³-hybridized carbons (Fsp3) is 0.346. The van der Waals surface area contributed by atoms with Crippen LogP contribution >= 0.6 is 11.6 Å². The molecule has 0 atom stereocenters. The van der Waals surface area contributed by atoms with E-state index in [0.29, 0.717) is 16.5 Å². The number of hydrogen-bond donors (Lipinski definition) is 1. The van der Waals surface area contributed by atoms with Gasteiger partial charge in [-0.15, -0.1) is 10.2 Å². The van der Waals surface area contributed by atoms with Gasteiger partial charge in [-0.05, 0) is 80.1 Å². The number of rotatable bonds is 6. The van der Waals surface area contributed by atoms with Crippen molar-refractivity contribution in [3.8, 4) is 17.0 Å². The molecule has 1 amide bonds. The van der Waals surface area contributed by atoms with Crippen LogP contribution in [-0.4, -0.2) is 35.8 Å². The van der Waals surface area contributed by atoms with Gasteiger partial charge in [0, 0.05) is 29.4 Å². The fourth-order valence-corrected chi connectivity index (χ4v) is 4.05. The summed E-state index contributed by atoms with van der Waals surface area (Å²) in [5, 5.41) is 12.4. The normalized spacial score (nSPS) is 14.2. The van der Waals surface area contributed by atoms with Gasteiger partial charge in [-0.3, -0.25) is 4.79 Å². The van der Waals surface area contributed by atoms with Gasteiger partial charge in [0.25, 0.3) is 5.91 Å². The average molecular weight is 465 g/mol. The van der Waals surface area contributed by atoms with E-state index in [2.05, 4.69) is 27.3 Å². The van der Waals surface area contributed by atoms with Crippen molar-refractivity contribution < 1.29 is 9.53 Å². The third-order valence-corrected chi connectivity index (χ3v) is 6.60. The Balaban J connectivity index is 1.32. The molecule has 4 rings (SSSR count). The highest BCUT2D eigenvalue weighted by Gasteiger charge is 2.17. The maximum absolute atomic E-state index is 12.3. The van der Waals surface area contributed by atoms with Crippen LogP contribution in [0.3, 0.4) is 0 Å². The van der Waals surface area contributed by atoms with Crippen molar-refractivity contribution >= 4 is 29.0 Å². The SMILES string of the molecule is Cc1cc(OCC(=O)Nc2ccc(-c3ccc(N4CCC(C)CC4)nn3)cc2)cc(C)c1Cl. The summed E-state index contributed by atoms with van der Waals surface area (Å²) in [6, 6.07) is 15.2. The van der Waals surface area contributed by atoms with Gasteiger partial charge in [0.2, 0.25) is 0 Å². The van der Waals surface area contributed by atoms with E-state index in [1.807, 2.05) is 62.4 Å². The first kappa shape index (κ1) is 23.1. The molecule has 0 unspecified atom stereocenters. The lowest BCUT2D eigenvalue weighted by Crippen LogP contribution is -2.33. The molecule has 2 heterocycles. The van der Waals surface area contributed by atoms with E-state index in [9.17, 15) is 4.79 Å². The second-order valence-electron chi connectivity index (χ2n) is 8.73. The summed E-state index contributed by atoms with van der Waals surface area (Å²) in [5.74, 6) is 2.11. The number of ether oxygens (including phenoxy) is 1. The van der Waals surface area contributed by atoms with Crippen molar-refractivity contribution in [1.29, 1.82) is 0 Å². The molecular formula is C26H29ClN4O2. The van der Waals surface area contributed by atoms with Crippen molar-refractivity contribution in [2.24, 2.45) is 5.92 Å². The van der Waals surface area contributed by atoms with Crippen LogP contribution in [0.5, 0.6) is 5.75 Å². The first-order valence-corrected chi connectivity index (χ1v) is 11.7. The predicted molar refractivity (Wildman–Crippen MR) is 133 cm³/mol. The van der Waals surface area contributed by atoms with Crippen LogP contribution in [0, 0.1) is 19.8 Å². The first-order valence-electron chi connectivity index (χ1n) is 11.3. The number of carbonyl (C=O) groups excluding carboxylic acids is 1. The zero-order chi connectivity index (χ0) is 23.4. The van der Waals surface area contributed by atoms with Crippen molar-refractivity contribution in [2.45, 2.75) is 33.6 Å². The second-order valence-corrected chi connectivity index (χ2v) is 9.11. The van der Waals surface area contributed by atoms with Crippen LogP contribution in [0.15, 0.2) is 48.5 Å². The molecule has 0 bridgehead atoms. The lowest BCUT2D eigenvalue weighted by Gasteiger charge is -2.30. The van der Waals surface area contributed by atoms with E-state index < -0.39 is 0 Å². The molecule has 3 aromatic rings. The lowest BCUT2D eigenvalue weighted by molar-refractivity contribution is -0.118. The van der Waals surface area contributed by atoms with E-state index in [1.54, 1.807) is 0 Å². The largest absolute Gasteiger partial charge is 0.484 e. The minimum absolute atomic E-state index is 0.0789. The maximum Gasteiger partial charge on any atom is 0.262 e. The average Bonchev–Trinajstić information content (AvgIpc) is 2.82. The van der Waals surface area contributed by atoms with Crippen LogP contribution < -0.4 is 15.0 Å². The standard InChI is InChI=1S/C26H29ClN4O2/c1-17-10-12-31(13-11-17)24-9-8-23(29-30-24)20-4-6-21(7-5-20)28-25(32)16-33-22-14-18(2)26(27)19(3)15-22/h4-9,14-15,17H,10-13,16H2,1-3H3,(H,28,32). The molecule has 172 valence electrons. The summed E-state index contributed by atoms with van der Waals surface area (Å²) in [7, 11) is 0. The Labute approximate surface area is 199 Å². The van der Waals surface area contributed by atoms with E-state index in [4.69, 9.17) is 16.3 Å². The molecule has 33 heavy (non-hydrogen) atoms. The van der Waals surface area contributed by atoms with E-state index in [-0.39, 0.29) is 12.5 Å². The van der Waals surface area contributed by atoms with Crippen molar-refractivity contribution in [3.05, 3.63) is 64.7 Å². The number of benzene rings is 2. The first-order chi connectivity index (χ1) is 15.9. The minimum Gasteiger partial charge on any atom is -0.484 e. The number of halogens is 1. The molecule has 1 N–H and O–H groups in total. The summed E-state index contributed by atoms with van der Waals surface area (Å²) in [4.78, 5) is 14.6. The van der Waals surface area contributed by atoms with Crippen LogP contribution in [0.4, 0.5) is 11.5 Å². The number of hydrogen-bond acceptors (Lipinski definition) is 5. The second kappa shape index (κ2) is 10.2. The smallest absolute Gasteiger partial charge is 0.262 e. The highest BCUT2D eigenvalue weighted by atomic mass is 35.5. The number of nitrogens with zero attached hydrogens (tertiary/aromatic N) is 3. The van der Waals surface area contributed by atoms with Crippen molar-refractivity contribution in [3.63, 3.8) is 0 Å². The number of piperidine rings is 1. The van der Waals surface area contributed by atoms with Crippen LogP contribution in [-0.2, 0) is 4.79 Å². The topological polar surface area (TPSA) is 67.3 Å². The van der Waals surface area contributed by atoms with Gasteiger partial charge in [-0.1, -0.05) is 30.7 Å². The van der Waals surface area contributed by atoms with Crippen molar-refractivity contribution in [2.75, 3.05) is 29.9 Å². The molecule has 1 saturated heterocycles. The zero-order valence-electron chi connectivity index (χ0n) is 19.3. The molecule has 1 aliphatic rings. The number of amides is 1. The Hall–Kier alpha value is -3.12. The number of anilines is 2. The minimum atomic E-state index is -0.229. The number of aryl methyl sites for hydroxylation is 2. The third-order valence-electron chi connectivity index (χ3n) is 6.00. The van der Waals surface area contributed by atoms with Gasteiger partial charge in [0.1, 0.15) is 5.75 Å². The van der Waals surface area contributed by atoms with Crippen LogP contribution in [0.25, 0.3) is 11.3 Å². The molecule has 0 radical (unpaired) electrons. The molecular weight excluding hydrogens is 436 g/mol. The van der Waals surface area contributed by atoms with E-state index in [0.717, 1.165) is 47.2 Å². The molecule has 1 aliphatic heterocycles. The van der Waals surface area contributed by atoms with Gasteiger partial charge < -0.3 is 15.0 Å². The molecule has 7 heteroatoms. The molecule has 1 aromatic heterocycles. The van der Waals surface area contributed by atoms with E-state index >= 15 is 0 Å². The van der Waals surface area contributed by atoms with E-state index in [1.165, 1.54) is 12.8 Å². The molecule has 2 aromatic carbocycles. The maximum atomic E-state index is 12.3. The number of carbonyl (C=O) groups is 1. The summed E-state index contributed by atoms with van der Waals surface area (Å²) in [6.07, 6.45) is 2.39.